The molecular weight excluding hydrogens is 482 g/mol. The van der Waals surface area contributed by atoms with Crippen molar-refractivity contribution in [2.24, 2.45) is 0 Å². The average Bonchev–Trinajstić information content (AvgIpc) is 2.95. The van der Waals surface area contributed by atoms with Crippen molar-refractivity contribution in [1.82, 2.24) is 14.9 Å². The maximum absolute atomic E-state index is 12.9. The molecule has 196 valence electrons. The summed E-state index contributed by atoms with van der Waals surface area (Å²) in [4.78, 5) is 25.9. The molecule has 9 heteroatoms. The van der Waals surface area contributed by atoms with Crippen molar-refractivity contribution in [2.45, 2.75) is 13.8 Å². The van der Waals surface area contributed by atoms with Crippen LogP contribution in [0.25, 0.3) is 10.9 Å². The number of benzene rings is 3. The molecule has 5 rings (SSSR count). The Balaban J connectivity index is 1.22. The Morgan fingerprint density at radius 3 is 2.18 bits per heavy atom. The van der Waals surface area contributed by atoms with Crippen molar-refractivity contribution in [3.8, 4) is 23.0 Å². The predicted octanol–water partition coefficient (Wildman–Crippen LogP) is 5.57. The number of aromatic nitrogens is 2. The van der Waals surface area contributed by atoms with Crippen molar-refractivity contribution in [2.75, 3.05) is 49.6 Å². The Kier molecular flexibility index (Phi) is 7.73. The van der Waals surface area contributed by atoms with Crippen LogP contribution in [0.5, 0.6) is 23.0 Å². The van der Waals surface area contributed by atoms with E-state index < -0.39 is 0 Å². The molecule has 4 aromatic rings. The average molecular weight is 514 g/mol. The van der Waals surface area contributed by atoms with Crippen molar-refractivity contribution in [1.29, 1.82) is 0 Å². The molecule has 0 radical (unpaired) electrons. The molecule has 1 saturated heterocycles. The number of carbonyl (C=O) groups excluding carboxylic acids is 1. The monoisotopic (exact) mass is 513 g/mol. The normalized spacial score (nSPS) is 13.3. The smallest absolute Gasteiger partial charge is 0.321 e. The quantitative estimate of drug-likeness (QED) is 0.329. The van der Waals surface area contributed by atoms with Gasteiger partial charge in [0.05, 0.1) is 18.7 Å². The van der Waals surface area contributed by atoms with Crippen LogP contribution < -0.4 is 24.4 Å². The number of nitrogens with one attached hydrogen (secondary N) is 1. The summed E-state index contributed by atoms with van der Waals surface area (Å²) in [5, 5.41) is 3.88. The first-order valence-corrected chi connectivity index (χ1v) is 12.8. The topological polar surface area (TPSA) is 89.1 Å². The van der Waals surface area contributed by atoms with Crippen LogP contribution in [0.2, 0.25) is 0 Å². The molecule has 0 aliphatic carbocycles. The number of rotatable bonds is 8. The van der Waals surface area contributed by atoms with E-state index >= 15 is 0 Å². The van der Waals surface area contributed by atoms with Gasteiger partial charge in [-0.15, -0.1) is 0 Å². The second-order valence-corrected chi connectivity index (χ2v) is 8.72. The van der Waals surface area contributed by atoms with E-state index in [1.165, 1.54) is 0 Å². The number of para-hydroxylation sites is 1. The van der Waals surface area contributed by atoms with E-state index in [4.69, 9.17) is 14.2 Å². The van der Waals surface area contributed by atoms with Crippen LogP contribution >= 0.6 is 0 Å². The third-order valence-corrected chi connectivity index (χ3v) is 6.23. The van der Waals surface area contributed by atoms with Crippen molar-refractivity contribution < 1.29 is 19.0 Å². The van der Waals surface area contributed by atoms with E-state index in [0.717, 1.165) is 22.5 Å². The number of urea groups is 1. The van der Waals surface area contributed by atoms with Crippen LogP contribution in [0.15, 0.2) is 73.1 Å². The number of fused-ring (bicyclic) bond motifs is 1. The van der Waals surface area contributed by atoms with Crippen LogP contribution in [-0.4, -0.2) is 60.3 Å². The fourth-order valence-electron chi connectivity index (χ4n) is 4.39. The molecular formula is C29H31N5O4. The zero-order valence-electron chi connectivity index (χ0n) is 21.6. The lowest BCUT2D eigenvalue weighted by atomic mass is 10.2. The van der Waals surface area contributed by atoms with Crippen LogP contribution in [0.4, 0.5) is 16.3 Å². The van der Waals surface area contributed by atoms with Crippen molar-refractivity contribution in [3.63, 3.8) is 0 Å². The predicted molar refractivity (Wildman–Crippen MR) is 148 cm³/mol. The summed E-state index contributed by atoms with van der Waals surface area (Å²) in [7, 11) is 0. The van der Waals surface area contributed by atoms with Gasteiger partial charge in [0, 0.05) is 43.3 Å². The van der Waals surface area contributed by atoms with E-state index in [1.807, 2.05) is 85.5 Å². The van der Waals surface area contributed by atoms with Crippen LogP contribution in [0.1, 0.15) is 13.8 Å². The van der Waals surface area contributed by atoms with Gasteiger partial charge in [0.2, 0.25) is 0 Å². The first-order valence-electron chi connectivity index (χ1n) is 12.8. The number of ether oxygens (including phenoxy) is 3. The summed E-state index contributed by atoms with van der Waals surface area (Å²) < 4.78 is 17.4. The molecule has 0 spiro atoms. The third kappa shape index (κ3) is 5.72. The fourth-order valence-corrected chi connectivity index (χ4v) is 4.39. The highest BCUT2D eigenvalue weighted by Gasteiger charge is 2.24. The Morgan fingerprint density at radius 2 is 1.50 bits per heavy atom. The van der Waals surface area contributed by atoms with Gasteiger partial charge in [-0.3, -0.25) is 0 Å². The number of piperazine rings is 1. The van der Waals surface area contributed by atoms with E-state index in [-0.39, 0.29) is 6.03 Å². The molecule has 0 bridgehead atoms. The maximum atomic E-state index is 12.9. The lowest BCUT2D eigenvalue weighted by Crippen LogP contribution is -2.50. The third-order valence-electron chi connectivity index (χ3n) is 6.23. The highest BCUT2D eigenvalue weighted by molar-refractivity contribution is 5.92. The Bertz CT molecular complexity index is 1370. The van der Waals surface area contributed by atoms with Gasteiger partial charge in [-0.05, 0) is 56.3 Å². The summed E-state index contributed by atoms with van der Waals surface area (Å²) in [5.74, 6) is 3.65. The molecule has 9 nitrogen and oxygen atoms in total. The minimum atomic E-state index is -0.131. The lowest BCUT2D eigenvalue weighted by Gasteiger charge is -2.35. The molecule has 1 aromatic heterocycles. The summed E-state index contributed by atoms with van der Waals surface area (Å²) >= 11 is 0. The number of hydrogen-bond donors (Lipinski definition) is 1. The van der Waals surface area contributed by atoms with Gasteiger partial charge in [-0.2, -0.15) is 0 Å². The standard InChI is InChI=1S/C29H31N5O4/c1-3-36-26-18-24-25(19-27(26)37-4-2)30-20-31-28(24)33-14-16-34(17-15-33)29(35)32-21-10-12-23(13-11-21)38-22-8-6-5-7-9-22/h5-13,18-20H,3-4,14-17H2,1-2H3,(H,32,35). The molecule has 3 aromatic carbocycles. The number of hydrogen-bond acceptors (Lipinski definition) is 7. The van der Waals surface area contributed by atoms with Crippen molar-refractivity contribution >= 4 is 28.4 Å². The van der Waals surface area contributed by atoms with Crippen LogP contribution in [-0.2, 0) is 0 Å². The summed E-state index contributed by atoms with van der Waals surface area (Å²) in [6, 6.07) is 20.7. The summed E-state index contributed by atoms with van der Waals surface area (Å²) in [5.41, 5.74) is 1.51. The van der Waals surface area contributed by atoms with E-state index in [0.29, 0.717) is 62.3 Å². The molecule has 0 atom stereocenters. The van der Waals surface area contributed by atoms with E-state index in [2.05, 4.69) is 20.2 Å². The van der Waals surface area contributed by atoms with Gasteiger partial charge in [0.25, 0.3) is 0 Å². The molecule has 1 fully saturated rings. The lowest BCUT2D eigenvalue weighted by molar-refractivity contribution is 0.208. The first kappa shape index (κ1) is 25.1. The Morgan fingerprint density at radius 1 is 0.842 bits per heavy atom. The highest BCUT2D eigenvalue weighted by atomic mass is 16.5. The number of carbonyl (C=O) groups is 1. The Labute approximate surface area is 222 Å². The van der Waals surface area contributed by atoms with Gasteiger partial charge in [0.1, 0.15) is 23.6 Å². The van der Waals surface area contributed by atoms with Gasteiger partial charge in [-0.25, -0.2) is 14.8 Å². The zero-order valence-corrected chi connectivity index (χ0v) is 21.6. The Hall–Kier alpha value is -4.53. The van der Waals surface area contributed by atoms with Gasteiger partial charge < -0.3 is 29.3 Å². The van der Waals surface area contributed by atoms with E-state index in [9.17, 15) is 4.79 Å². The molecule has 2 amide bonds. The first-order chi connectivity index (χ1) is 18.6. The molecule has 2 heterocycles. The number of nitrogens with zero attached hydrogens (tertiary/aromatic N) is 4. The number of amides is 2. The second-order valence-electron chi connectivity index (χ2n) is 8.72. The maximum Gasteiger partial charge on any atom is 0.321 e. The van der Waals surface area contributed by atoms with Crippen molar-refractivity contribution in [3.05, 3.63) is 73.1 Å². The summed E-state index contributed by atoms with van der Waals surface area (Å²) in [6.45, 7) is 7.41. The molecule has 38 heavy (non-hydrogen) atoms. The second kappa shape index (κ2) is 11.7. The summed E-state index contributed by atoms with van der Waals surface area (Å²) in [6.07, 6.45) is 1.57. The van der Waals surface area contributed by atoms with Gasteiger partial charge >= 0.3 is 6.03 Å². The highest BCUT2D eigenvalue weighted by Crippen LogP contribution is 2.35. The SMILES string of the molecule is CCOc1cc2ncnc(N3CCN(C(=O)Nc4ccc(Oc5ccccc5)cc4)CC3)c2cc1OCC. The van der Waals surface area contributed by atoms with Crippen LogP contribution in [0, 0.1) is 0 Å². The molecule has 0 saturated carbocycles. The zero-order chi connectivity index (χ0) is 26.3. The minimum absolute atomic E-state index is 0.131. The van der Waals surface area contributed by atoms with Crippen LogP contribution in [0.3, 0.4) is 0 Å². The molecule has 1 N–H and O–H groups in total. The van der Waals surface area contributed by atoms with Gasteiger partial charge in [0.15, 0.2) is 11.5 Å². The minimum Gasteiger partial charge on any atom is -0.490 e. The molecule has 1 aliphatic rings. The van der Waals surface area contributed by atoms with Gasteiger partial charge in [-0.1, -0.05) is 18.2 Å². The molecule has 1 aliphatic heterocycles. The fraction of sp³-hybridized carbons (Fsp3) is 0.276. The largest absolute Gasteiger partial charge is 0.490 e. The van der Waals surface area contributed by atoms with E-state index in [1.54, 1.807) is 6.33 Å². The number of anilines is 2. The molecule has 0 unspecified atom stereocenters.